The summed E-state index contributed by atoms with van der Waals surface area (Å²) in [6, 6.07) is 17.2. The van der Waals surface area contributed by atoms with Gasteiger partial charge in [-0.3, -0.25) is 9.69 Å². The standard InChI is InChI=1S/C29H36N6O/c1-4-26(28-31-32-33-35(28)25-11-6-5-7-12-25)34(18-22-15-13-20(2)14-16-22)19-24-17-23-10-8-9-21(3)27(23)30-29(24)36/h8-10,13-17,25-26H,4-7,11-12,18-19H2,1-3H3,(H,30,36). The average Bonchev–Trinajstić information content (AvgIpc) is 3.37. The molecular weight excluding hydrogens is 448 g/mol. The van der Waals surface area contributed by atoms with E-state index in [9.17, 15) is 4.79 Å². The van der Waals surface area contributed by atoms with E-state index in [4.69, 9.17) is 0 Å². The van der Waals surface area contributed by atoms with E-state index in [1.807, 2.05) is 25.1 Å². The molecule has 188 valence electrons. The molecule has 4 aromatic rings. The minimum absolute atomic E-state index is 0.00386. The van der Waals surface area contributed by atoms with E-state index in [0.717, 1.165) is 47.1 Å². The van der Waals surface area contributed by atoms with Crippen LogP contribution in [0.3, 0.4) is 0 Å². The number of tetrazole rings is 1. The zero-order valence-corrected chi connectivity index (χ0v) is 21.6. The molecule has 7 heteroatoms. The molecule has 0 saturated heterocycles. The molecule has 2 aromatic heterocycles. The van der Waals surface area contributed by atoms with Crippen LogP contribution in [0.15, 0.2) is 53.3 Å². The lowest BCUT2D eigenvalue weighted by Gasteiger charge is -2.32. The first-order chi connectivity index (χ1) is 17.5. The quantitative estimate of drug-likeness (QED) is 0.342. The van der Waals surface area contributed by atoms with Gasteiger partial charge in [-0.2, -0.15) is 0 Å². The number of rotatable bonds is 8. The van der Waals surface area contributed by atoms with Gasteiger partial charge in [-0.05, 0) is 66.1 Å². The summed E-state index contributed by atoms with van der Waals surface area (Å²) < 4.78 is 2.07. The van der Waals surface area contributed by atoms with Gasteiger partial charge in [0.2, 0.25) is 0 Å². The molecule has 1 unspecified atom stereocenters. The van der Waals surface area contributed by atoms with Crippen molar-refractivity contribution in [3.8, 4) is 0 Å². The maximum absolute atomic E-state index is 13.2. The molecule has 7 nitrogen and oxygen atoms in total. The number of benzene rings is 2. The Morgan fingerprint density at radius 2 is 1.83 bits per heavy atom. The lowest BCUT2D eigenvalue weighted by atomic mass is 9.95. The van der Waals surface area contributed by atoms with Crippen molar-refractivity contribution in [2.75, 3.05) is 0 Å². The van der Waals surface area contributed by atoms with Gasteiger partial charge < -0.3 is 4.98 Å². The van der Waals surface area contributed by atoms with Crippen LogP contribution in [-0.4, -0.2) is 30.1 Å². The number of fused-ring (bicyclic) bond motifs is 1. The summed E-state index contributed by atoms with van der Waals surface area (Å²) in [7, 11) is 0. The summed E-state index contributed by atoms with van der Waals surface area (Å²) in [4.78, 5) is 18.7. The average molecular weight is 485 g/mol. The lowest BCUT2D eigenvalue weighted by Crippen LogP contribution is -2.33. The van der Waals surface area contributed by atoms with Crippen LogP contribution in [0.4, 0.5) is 0 Å². The Hall–Kier alpha value is -3.32. The van der Waals surface area contributed by atoms with Gasteiger partial charge in [-0.25, -0.2) is 4.68 Å². The van der Waals surface area contributed by atoms with E-state index in [1.165, 1.54) is 30.4 Å². The van der Waals surface area contributed by atoms with E-state index in [1.54, 1.807) is 0 Å². The third kappa shape index (κ3) is 5.12. The molecule has 0 spiro atoms. The first-order valence-corrected chi connectivity index (χ1v) is 13.2. The molecule has 1 saturated carbocycles. The molecule has 1 aliphatic carbocycles. The Balaban J connectivity index is 1.53. The molecule has 1 fully saturated rings. The summed E-state index contributed by atoms with van der Waals surface area (Å²) >= 11 is 0. The second-order valence-corrected chi connectivity index (χ2v) is 10.3. The molecule has 36 heavy (non-hydrogen) atoms. The number of aromatic nitrogens is 5. The number of nitrogens with one attached hydrogen (secondary N) is 1. The highest BCUT2D eigenvalue weighted by Crippen LogP contribution is 2.32. The van der Waals surface area contributed by atoms with Crippen molar-refractivity contribution < 1.29 is 0 Å². The van der Waals surface area contributed by atoms with Gasteiger partial charge in [0.25, 0.3) is 5.56 Å². The number of para-hydroxylation sites is 1. The van der Waals surface area contributed by atoms with Crippen LogP contribution in [0.1, 0.15) is 85.6 Å². The predicted octanol–water partition coefficient (Wildman–Crippen LogP) is 5.79. The summed E-state index contributed by atoms with van der Waals surface area (Å²) in [5.74, 6) is 0.907. The van der Waals surface area contributed by atoms with Crippen LogP contribution in [0.25, 0.3) is 10.9 Å². The molecule has 1 atom stereocenters. The topological polar surface area (TPSA) is 79.7 Å². The van der Waals surface area contributed by atoms with E-state index in [0.29, 0.717) is 19.1 Å². The summed E-state index contributed by atoms with van der Waals surface area (Å²) in [5.41, 5.74) is 5.15. The fraction of sp³-hybridized carbons (Fsp3) is 0.448. The van der Waals surface area contributed by atoms with E-state index >= 15 is 0 Å². The highest BCUT2D eigenvalue weighted by Gasteiger charge is 2.29. The molecule has 1 N–H and O–H groups in total. The fourth-order valence-corrected chi connectivity index (χ4v) is 5.58. The Labute approximate surface area is 212 Å². The van der Waals surface area contributed by atoms with Crippen LogP contribution in [-0.2, 0) is 13.1 Å². The van der Waals surface area contributed by atoms with E-state index in [2.05, 4.69) is 74.3 Å². The summed E-state index contributed by atoms with van der Waals surface area (Å²) in [5, 5.41) is 14.2. The fourth-order valence-electron chi connectivity index (χ4n) is 5.58. The van der Waals surface area contributed by atoms with Gasteiger partial charge >= 0.3 is 0 Å². The molecule has 5 rings (SSSR count). The highest BCUT2D eigenvalue weighted by atomic mass is 16.1. The minimum atomic E-state index is -0.0348. The highest BCUT2D eigenvalue weighted by molar-refractivity contribution is 5.81. The molecular formula is C29H36N6O. The zero-order chi connectivity index (χ0) is 25.1. The number of H-pyrrole nitrogens is 1. The first kappa shape index (κ1) is 24.4. The number of hydrogen-bond donors (Lipinski definition) is 1. The van der Waals surface area contributed by atoms with Crippen LogP contribution in [0, 0.1) is 13.8 Å². The van der Waals surface area contributed by atoms with Crippen molar-refractivity contribution in [3.05, 3.63) is 87.0 Å². The van der Waals surface area contributed by atoms with Crippen molar-refractivity contribution in [1.82, 2.24) is 30.1 Å². The Bertz CT molecular complexity index is 1370. The van der Waals surface area contributed by atoms with Gasteiger partial charge in [-0.15, -0.1) is 5.10 Å². The lowest BCUT2D eigenvalue weighted by molar-refractivity contribution is 0.155. The third-order valence-corrected chi connectivity index (χ3v) is 7.61. The summed E-state index contributed by atoms with van der Waals surface area (Å²) in [6.07, 6.45) is 6.82. The zero-order valence-electron chi connectivity index (χ0n) is 21.6. The van der Waals surface area contributed by atoms with Crippen molar-refractivity contribution in [2.45, 2.75) is 84.5 Å². The van der Waals surface area contributed by atoms with Gasteiger partial charge in [0.05, 0.1) is 17.6 Å². The molecule has 1 aliphatic rings. The Morgan fingerprint density at radius 1 is 1.06 bits per heavy atom. The van der Waals surface area contributed by atoms with Crippen LogP contribution in [0.2, 0.25) is 0 Å². The molecule has 2 aromatic carbocycles. The Kier molecular flexibility index (Phi) is 7.28. The maximum Gasteiger partial charge on any atom is 0.252 e. The second kappa shape index (κ2) is 10.7. The van der Waals surface area contributed by atoms with Crippen molar-refractivity contribution in [3.63, 3.8) is 0 Å². The molecule has 0 aliphatic heterocycles. The molecule has 0 bridgehead atoms. The minimum Gasteiger partial charge on any atom is -0.321 e. The normalized spacial score (nSPS) is 15.6. The molecule has 0 radical (unpaired) electrons. The van der Waals surface area contributed by atoms with Crippen LogP contribution in [0.5, 0.6) is 0 Å². The maximum atomic E-state index is 13.2. The van der Waals surface area contributed by atoms with E-state index < -0.39 is 0 Å². The predicted molar refractivity (Wildman–Crippen MR) is 143 cm³/mol. The van der Waals surface area contributed by atoms with Crippen molar-refractivity contribution in [2.24, 2.45) is 0 Å². The van der Waals surface area contributed by atoms with Crippen LogP contribution >= 0.6 is 0 Å². The SMILES string of the molecule is CCC(c1nnnn1C1CCCCC1)N(Cc1ccc(C)cc1)Cc1cc2cccc(C)c2[nH]c1=O. The van der Waals surface area contributed by atoms with Gasteiger partial charge in [0, 0.05) is 18.7 Å². The largest absolute Gasteiger partial charge is 0.321 e. The number of aromatic amines is 1. The number of pyridine rings is 1. The summed E-state index contributed by atoms with van der Waals surface area (Å²) in [6.45, 7) is 7.54. The van der Waals surface area contributed by atoms with Gasteiger partial charge in [0.15, 0.2) is 5.82 Å². The number of aryl methyl sites for hydroxylation is 2. The smallest absolute Gasteiger partial charge is 0.252 e. The van der Waals surface area contributed by atoms with Gasteiger partial charge in [-0.1, -0.05) is 74.2 Å². The van der Waals surface area contributed by atoms with Crippen molar-refractivity contribution in [1.29, 1.82) is 0 Å². The van der Waals surface area contributed by atoms with Crippen LogP contribution < -0.4 is 5.56 Å². The molecule has 0 amide bonds. The number of hydrogen-bond acceptors (Lipinski definition) is 5. The Morgan fingerprint density at radius 3 is 2.58 bits per heavy atom. The van der Waals surface area contributed by atoms with Crippen molar-refractivity contribution >= 4 is 10.9 Å². The van der Waals surface area contributed by atoms with Gasteiger partial charge in [0.1, 0.15) is 0 Å². The monoisotopic (exact) mass is 484 g/mol. The second-order valence-electron chi connectivity index (χ2n) is 10.3. The third-order valence-electron chi connectivity index (χ3n) is 7.61. The first-order valence-electron chi connectivity index (χ1n) is 13.2. The number of nitrogens with zero attached hydrogens (tertiary/aromatic N) is 5. The van der Waals surface area contributed by atoms with E-state index in [-0.39, 0.29) is 11.6 Å². The molecule has 2 heterocycles.